The van der Waals surface area contributed by atoms with E-state index in [4.69, 9.17) is 4.74 Å². The largest absolute Gasteiger partial charge is 0.383 e. The molecule has 0 unspecified atom stereocenters. The topological polar surface area (TPSA) is 79.0 Å². The van der Waals surface area contributed by atoms with Gasteiger partial charge in [0.1, 0.15) is 0 Å². The molecule has 0 spiro atoms. The minimum Gasteiger partial charge on any atom is -0.383 e. The SMILES string of the molecule is COCCN(CCC(=O)N1CCNCC1)S(=O)(=O)c1ccc(C(C)C)cc1. The van der Waals surface area contributed by atoms with E-state index in [2.05, 4.69) is 19.2 Å². The number of hydrogen-bond acceptors (Lipinski definition) is 5. The lowest BCUT2D eigenvalue weighted by atomic mass is 10.0. The Balaban J connectivity index is 2.09. The first-order valence-corrected chi connectivity index (χ1v) is 10.9. The molecule has 1 N–H and O–H groups in total. The van der Waals surface area contributed by atoms with Crippen molar-refractivity contribution in [2.75, 3.05) is 53.0 Å². The summed E-state index contributed by atoms with van der Waals surface area (Å²) in [6.45, 7) is 7.68. The minimum atomic E-state index is -3.67. The fourth-order valence-corrected chi connectivity index (χ4v) is 4.44. The third-order valence-corrected chi connectivity index (χ3v) is 6.69. The van der Waals surface area contributed by atoms with Crippen LogP contribution in [0.2, 0.25) is 0 Å². The summed E-state index contributed by atoms with van der Waals surface area (Å²) < 4.78 is 32.5. The maximum Gasteiger partial charge on any atom is 0.243 e. The van der Waals surface area contributed by atoms with Crippen LogP contribution < -0.4 is 5.32 Å². The second-order valence-corrected chi connectivity index (χ2v) is 8.94. The van der Waals surface area contributed by atoms with Crippen LogP contribution in [0.25, 0.3) is 0 Å². The van der Waals surface area contributed by atoms with Crippen molar-refractivity contribution in [1.29, 1.82) is 0 Å². The fourth-order valence-electron chi connectivity index (χ4n) is 3.01. The van der Waals surface area contributed by atoms with E-state index in [1.165, 1.54) is 11.4 Å². The molecule has 1 aromatic rings. The molecule has 0 aliphatic carbocycles. The highest BCUT2D eigenvalue weighted by atomic mass is 32.2. The molecule has 1 aromatic carbocycles. The summed E-state index contributed by atoms with van der Waals surface area (Å²) in [5.74, 6) is 0.326. The molecule has 27 heavy (non-hydrogen) atoms. The van der Waals surface area contributed by atoms with Gasteiger partial charge < -0.3 is 15.0 Å². The Kier molecular flexibility index (Phi) is 8.22. The normalized spacial score (nSPS) is 15.5. The molecule has 1 amide bonds. The van der Waals surface area contributed by atoms with Gasteiger partial charge in [-0.25, -0.2) is 8.42 Å². The molecule has 0 radical (unpaired) electrons. The number of carbonyl (C=O) groups excluding carboxylic acids is 1. The van der Waals surface area contributed by atoms with Crippen LogP contribution >= 0.6 is 0 Å². The standard InChI is InChI=1S/C19H31N3O4S/c1-16(2)17-4-6-18(7-5-17)27(24,25)22(14-15-26-3)11-8-19(23)21-12-9-20-10-13-21/h4-7,16,20H,8-15H2,1-3H3. The highest BCUT2D eigenvalue weighted by Crippen LogP contribution is 2.20. The summed E-state index contributed by atoms with van der Waals surface area (Å²) in [6.07, 6.45) is 0.174. The molecule has 152 valence electrons. The summed E-state index contributed by atoms with van der Waals surface area (Å²) in [5, 5.41) is 3.20. The van der Waals surface area contributed by atoms with Crippen molar-refractivity contribution < 1.29 is 17.9 Å². The van der Waals surface area contributed by atoms with Gasteiger partial charge in [-0.15, -0.1) is 0 Å². The molecule has 0 saturated carbocycles. The fraction of sp³-hybridized carbons (Fsp3) is 0.632. The highest BCUT2D eigenvalue weighted by Gasteiger charge is 2.26. The number of nitrogens with zero attached hydrogens (tertiary/aromatic N) is 2. The Morgan fingerprint density at radius 2 is 1.81 bits per heavy atom. The zero-order chi connectivity index (χ0) is 19.9. The van der Waals surface area contributed by atoms with Gasteiger partial charge in [0.2, 0.25) is 15.9 Å². The monoisotopic (exact) mass is 397 g/mol. The van der Waals surface area contributed by atoms with Crippen LogP contribution in [0, 0.1) is 0 Å². The zero-order valence-electron chi connectivity index (χ0n) is 16.5. The molecule has 0 bridgehead atoms. The lowest BCUT2D eigenvalue weighted by Gasteiger charge is -2.28. The number of ether oxygens (including phenoxy) is 1. The van der Waals surface area contributed by atoms with E-state index >= 15 is 0 Å². The van der Waals surface area contributed by atoms with Crippen LogP contribution in [-0.2, 0) is 19.6 Å². The number of carbonyl (C=O) groups is 1. The van der Waals surface area contributed by atoms with Crippen molar-refractivity contribution in [3.05, 3.63) is 29.8 Å². The Hall–Kier alpha value is -1.48. The number of piperazine rings is 1. The van der Waals surface area contributed by atoms with Crippen LogP contribution in [0.4, 0.5) is 0 Å². The third-order valence-electron chi connectivity index (χ3n) is 4.77. The van der Waals surface area contributed by atoms with Gasteiger partial charge >= 0.3 is 0 Å². The summed E-state index contributed by atoms with van der Waals surface area (Å²) in [5.41, 5.74) is 1.09. The number of benzene rings is 1. The van der Waals surface area contributed by atoms with Gasteiger partial charge in [-0.3, -0.25) is 4.79 Å². The van der Waals surface area contributed by atoms with E-state index in [9.17, 15) is 13.2 Å². The van der Waals surface area contributed by atoms with E-state index in [1.54, 1.807) is 17.0 Å². The number of methoxy groups -OCH3 is 1. The Bertz CT molecular complexity index is 698. The number of rotatable bonds is 9. The molecule has 7 nitrogen and oxygen atoms in total. The first-order valence-electron chi connectivity index (χ1n) is 9.44. The molecule has 0 atom stereocenters. The van der Waals surface area contributed by atoms with Crippen LogP contribution in [0.15, 0.2) is 29.2 Å². The predicted molar refractivity (Wildman–Crippen MR) is 105 cm³/mol. The van der Waals surface area contributed by atoms with Crippen molar-refractivity contribution in [2.24, 2.45) is 0 Å². The maximum atomic E-state index is 13.0. The predicted octanol–water partition coefficient (Wildman–Crippen LogP) is 1.27. The lowest BCUT2D eigenvalue weighted by Crippen LogP contribution is -2.47. The van der Waals surface area contributed by atoms with E-state index in [-0.39, 0.29) is 36.9 Å². The number of sulfonamides is 1. The molecule has 1 aliphatic heterocycles. The summed E-state index contributed by atoms with van der Waals surface area (Å²) in [4.78, 5) is 14.4. The van der Waals surface area contributed by atoms with Gasteiger partial charge in [-0.05, 0) is 23.6 Å². The lowest BCUT2D eigenvalue weighted by molar-refractivity contribution is -0.131. The van der Waals surface area contributed by atoms with E-state index in [0.29, 0.717) is 19.0 Å². The first-order chi connectivity index (χ1) is 12.9. The average Bonchev–Trinajstić information content (AvgIpc) is 2.68. The Morgan fingerprint density at radius 1 is 1.19 bits per heavy atom. The van der Waals surface area contributed by atoms with Crippen LogP contribution in [0.1, 0.15) is 31.7 Å². The van der Waals surface area contributed by atoms with Gasteiger partial charge in [0.15, 0.2) is 0 Å². The van der Waals surface area contributed by atoms with E-state index < -0.39 is 10.0 Å². The number of amides is 1. The van der Waals surface area contributed by atoms with E-state index in [1.807, 2.05) is 12.1 Å². The second kappa shape index (κ2) is 10.2. The number of hydrogen-bond donors (Lipinski definition) is 1. The molecule has 8 heteroatoms. The number of nitrogens with one attached hydrogen (secondary N) is 1. The summed E-state index contributed by atoms with van der Waals surface area (Å²) in [6, 6.07) is 6.97. The average molecular weight is 398 g/mol. The first kappa shape index (κ1) is 21.8. The molecular formula is C19H31N3O4S. The maximum absolute atomic E-state index is 13.0. The molecule has 1 aliphatic rings. The molecule has 0 aromatic heterocycles. The second-order valence-electron chi connectivity index (χ2n) is 7.00. The Morgan fingerprint density at radius 3 is 2.37 bits per heavy atom. The van der Waals surface area contributed by atoms with Crippen molar-refractivity contribution >= 4 is 15.9 Å². The van der Waals surface area contributed by atoms with E-state index in [0.717, 1.165) is 18.7 Å². The highest BCUT2D eigenvalue weighted by molar-refractivity contribution is 7.89. The van der Waals surface area contributed by atoms with Crippen molar-refractivity contribution in [1.82, 2.24) is 14.5 Å². The summed E-state index contributed by atoms with van der Waals surface area (Å²) >= 11 is 0. The van der Waals surface area contributed by atoms with Crippen LogP contribution in [-0.4, -0.2) is 76.5 Å². The van der Waals surface area contributed by atoms with Gasteiger partial charge in [0.05, 0.1) is 11.5 Å². The van der Waals surface area contributed by atoms with Gasteiger partial charge in [0, 0.05) is 52.8 Å². The zero-order valence-corrected chi connectivity index (χ0v) is 17.3. The van der Waals surface area contributed by atoms with Gasteiger partial charge in [0.25, 0.3) is 0 Å². The quantitative estimate of drug-likeness (QED) is 0.679. The molecular weight excluding hydrogens is 366 g/mol. The molecule has 1 saturated heterocycles. The van der Waals surface area contributed by atoms with Crippen LogP contribution in [0.3, 0.4) is 0 Å². The van der Waals surface area contributed by atoms with Crippen molar-refractivity contribution in [3.8, 4) is 0 Å². The summed E-state index contributed by atoms with van der Waals surface area (Å²) in [7, 11) is -2.14. The van der Waals surface area contributed by atoms with Gasteiger partial charge in [-0.1, -0.05) is 26.0 Å². The molecule has 1 fully saturated rings. The van der Waals surface area contributed by atoms with Crippen molar-refractivity contribution in [3.63, 3.8) is 0 Å². The molecule has 1 heterocycles. The minimum absolute atomic E-state index is 0.00993. The van der Waals surface area contributed by atoms with Crippen LogP contribution in [0.5, 0.6) is 0 Å². The third kappa shape index (κ3) is 6.00. The molecule has 2 rings (SSSR count). The Labute approximate surface area is 162 Å². The van der Waals surface area contributed by atoms with Crippen molar-refractivity contribution in [2.45, 2.75) is 31.1 Å². The van der Waals surface area contributed by atoms with Gasteiger partial charge in [-0.2, -0.15) is 4.31 Å². The smallest absolute Gasteiger partial charge is 0.243 e.